The van der Waals surface area contributed by atoms with Crippen LogP contribution in [-0.2, 0) is 6.42 Å². The number of benzene rings is 1. The lowest BCUT2D eigenvalue weighted by Gasteiger charge is -2.15. The van der Waals surface area contributed by atoms with E-state index in [0.29, 0.717) is 17.9 Å². The molecule has 1 aliphatic carbocycles. The molecule has 0 radical (unpaired) electrons. The average molecular weight is 223 g/mol. The monoisotopic (exact) mass is 223 g/mol. The zero-order valence-corrected chi connectivity index (χ0v) is 9.62. The molecule has 0 aliphatic heterocycles. The van der Waals surface area contributed by atoms with Crippen LogP contribution in [0.5, 0.6) is 17.2 Å². The van der Waals surface area contributed by atoms with Crippen molar-refractivity contribution in [1.82, 2.24) is 0 Å². The first-order valence-electron chi connectivity index (χ1n) is 5.31. The molecule has 0 aromatic heterocycles. The Morgan fingerprint density at radius 1 is 1.31 bits per heavy atom. The maximum Gasteiger partial charge on any atom is 0.164 e. The Kier molecular flexibility index (Phi) is 2.68. The van der Waals surface area contributed by atoms with Crippen LogP contribution in [0.2, 0.25) is 0 Å². The van der Waals surface area contributed by atoms with Crippen LogP contribution < -0.4 is 15.2 Å². The van der Waals surface area contributed by atoms with Crippen molar-refractivity contribution >= 4 is 0 Å². The second kappa shape index (κ2) is 3.87. The van der Waals surface area contributed by atoms with Crippen LogP contribution in [0.1, 0.15) is 18.4 Å². The minimum absolute atomic E-state index is 0.119. The van der Waals surface area contributed by atoms with Crippen molar-refractivity contribution in [3.05, 3.63) is 17.7 Å². The van der Waals surface area contributed by atoms with Gasteiger partial charge in [0.1, 0.15) is 5.75 Å². The van der Waals surface area contributed by atoms with Crippen LogP contribution in [-0.4, -0.2) is 24.9 Å². The van der Waals surface area contributed by atoms with Gasteiger partial charge in [-0.25, -0.2) is 0 Å². The number of phenols is 1. The molecule has 88 valence electrons. The molecule has 1 saturated carbocycles. The highest BCUT2D eigenvalue weighted by Gasteiger charge is 2.39. The molecule has 0 heterocycles. The van der Waals surface area contributed by atoms with Gasteiger partial charge in [0.25, 0.3) is 0 Å². The highest BCUT2D eigenvalue weighted by molar-refractivity contribution is 5.52. The van der Waals surface area contributed by atoms with E-state index in [0.717, 1.165) is 18.4 Å². The van der Waals surface area contributed by atoms with E-state index < -0.39 is 0 Å². The van der Waals surface area contributed by atoms with E-state index in [4.69, 9.17) is 15.2 Å². The number of hydrogen-bond donors (Lipinski definition) is 2. The summed E-state index contributed by atoms with van der Waals surface area (Å²) in [4.78, 5) is 0. The zero-order valence-electron chi connectivity index (χ0n) is 9.62. The molecule has 0 spiro atoms. The summed E-state index contributed by atoms with van der Waals surface area (Å²) >= 11 is 0. The van der Waals surface area contributed by atoms with E-state index in [1.165, 1.54) is 0 Å². The number of rotatable bonds is 4. The molecule has 2 rings (SSSR count). The number of aromatic hydroxyl groups is 1. The molecule has 0 unspecified atom stereocenters. The lowest BCUT2D eigenvalue weighted by Crippen LogP contribution is -2.24. The summed E-state index contributed by atoms with van der Waals surface area (Å²) < 4.78 is 10.5. The highest BCUT2D eigenvalue weighted by Crippen LogP contribution is 2.42. The first-order chi connectivity index (χ1) is 7.58. The zero-order chi connectivity index (χ0) is 11.8. The standard InChI is InChI=1S/C12H17NO3/c1-15-10-6-9(14)5-8(11(10)16-2)7-12(13)3-4-12/h5-6,14H,3-4,7,13H2,1-2H3. The number of phenolic OH excluding ortho intramolecular Hbond substituents is 1. The Bertz CT molecular complexity index is 399. The van der Waals surface area contributed by atoms with Crippen molar-refractivity contribution in [2.45, 2.75) is 24.8 Å². The van der Waals surface area contributed by atoms with Crippen LogP contribution in [0.15, 0.2) is 12.1 Å². The quantitative estimate of drug-likeness (QED) is 0.810. The second-order valence-corrected chi connectivity index (χ2v) is 4.38. The number of nitrogens with two attached hydrogens (primary N) is 1. The molecule has 0 amide bonds. The Labute approximate surface area is 95.0 Å². The Balaban J connectivity index is 2.37. The molecular weight excluding hydrogens is 206 g/mol. The van der Waals surface area contributed by atoms with Gasteiger partial charge in [0, 0.05) is 17.2 Å². The van der Waals surface area contributed by atoms with E-state index in [9.17, 15) is 5.11 Å². The van der Waals surface area contributed by atoms with Crippen LogP contribution in [0, 0.1) is 0 Å². The van der Waals surface area contributed by atoms with E-state index in [1.54, 1.807) is 26.4 Å². The Morgan fingerprint density at radius 2 is 2.00 bits per heavy atom. The SMILES string of the molecule is COc1cc(O)cc(CC2(N)CC2)c1OC. The minimum Gasteiger partial charge on any atom is -0.508 e. The first-order valence-corrected chi connectivity index (χ1v) is 5.31. The van der Waals surface area contributed by atoms with Gasteiger partial charge in [-0.2, -0.15) is 0 Å². The van der Waals surface area contributed by atoms with Crippen molar-refractivity contribution in [3.63, 3.8) is 0 Å². The molecular formula is C12H17NO3. The molecule has 0 atom stereocenters. The van der Waals surface area contributed by atoms with Crippen LogP contribution in [0.25, 0.3) is 0 Å². The summed E-state index contributed by atoms with van der Waals surface area (Å²) in [6.07, 6.45) is 2.75. The maximum absolute atomic E-state index is 9.59. The van der Waals surface area contributed by atoms with Gasteiger partial charge in [0.05, 0.1) is 14.2 Å². The van der Waals surface area contributed by atoms with Crippen molar-refractivity contribution in [2.24, 2.45) is 5.73 Å². The third-order valence-corrected chi connectivity index (χ3v) is 2.98. The van der Waals surface area contributed by atoms with E-state index in [2.05, 4.69) is 0 Å². The molecule has 4 heteroatoms. The summed E-state index contributed by atoms with van der Waals surface area (Å²) in [7, 11) is 3.14. The van der Waals surface area contributed by atoms with Gasteiger partial charge in [-0.3, -0.25) is 0 Å². The molecule has 16 heavy (non-hydrogen) atoms. The lowest BCUT2D eigenvalue weighted by molar-refractivity contribution is 0.347. The summed E-state index contributed by atoms with van der Waals surface area (Å²) in [6.45, 7) is 0. The topological polar surface area (TPSA) is 64.7 Å². The van der Waals surface area contributed by atoms with Gasteiger partial charge in [-0.15, -0.1) is 0 Å². The molecule has 1 aliphatic rings. The fourth-order valence-corrected chi connectivity index (χ4v) is 1.88. The lowest BCUT2D eigenvalue weighted by atomic mass is 10.0. The van der Waals surface area contributed by atoms with Crippen LogP contribution in [0.4, 0.5) is 0 Å². The molecule has 3 N–H and O–H groups in total. The number of ether oxygens (including phenoxy) is 2. The second-order valence-electron chi connectivity index (χ2n) is 4.38. The molecule has 4 nitrogen and oxygen atoms in total. The van der Waals surface area contributed by atoms with Gasteiger partial charge in [-0.05, 0) is 25.3 Å². The summed E-state index contributed by atoms with van der Waals surface area (Å²) in [5.74, 6) is 1.38. The van der Waals surface area contributed by atoms with E-state index in [1.807, 2.05) is 0 Å². The predicted octanol–water partition coefficient (Wildman–Crippen LogP) is 1.44. The highest BCUT2D eigenvalue weighted by atomic mass is 16.5. The maximum atomic E-state index is 9.59. The van der Waals surface area contributed by atoms with Gasteiger partial charge >= 0.3 is 0 Å². The normalized spacial score (nSPS) is 16.9. The van der Waals surface area contributed by atoms with Gasteiger partial charge in [0.15, 0.2) is 11.5 Å². The molecule has 1 fully saturated rings. The molecule has 0 saturated heterocycles. The fraction of sp³-hybridized carbons (Fsp3) is 0.500. The van der Waals surface area contributed by atoms with E-state index in [-0.39, 0.29) is 11.3 Å². The van der Waals surface area contributed by atoms with Crippen LogP contribution in [0.3, 0.4) is 0 Å². The number of methoxy groups -OCH3 is 2. The molecule has 1 aromatic rings. The van der Waals surface area contributed by atoms with Gasteiger partial charge < -0.3 is 20.3 Å². The number of hydrogen-bond acceptors (Lipinski definition) is 4. The third-order valence-electron chi connectivity index (χ3n) is 2.98. The predicted molar refractivity (Wildman–Crippen MR) is 61.1 cm³/mol. The largest absolute Gasteiger partial charge is 0.508 e. The fourth-order valence-electron chi connectivity index (χ4n) is 1.88. The average Bonchev–Trinajstić information content (AvgIpc) is 2.95. The van der Waals surface area contributed by atoms with Crippen molar-refractivity contribution in [2.75, 3.05) is 14.2 Å². The van der Waals surface area contributed by atoms with Crippen molar-refractivity contribution in [1.29, 1.82) is 0 Å². The Morgan fingerprint density at radius 3 is 2.50 bits per heavy atom. The summed E-state index contributed by atoms with van der Waals surface area (Å²) in [5.41, 5.74) is 6.85. The smallest absolute Gasteiger partial charge is 0.164 e. The van der Waals surface area contributed by atoms with Gasteiger partial charge in [0.2, 0.25) is 0 Å². The van der Waals surface area contributed by atoms with Crippen molar-refractivity contribution in [3.8, 4) is 17.2 Å². The molecule has 0 bridgehead atoms. The minimum atomic E-state index is -0.119. The van der Waals surface area contributed by atoms with Crippen molar-refractivity contribution < 1.29 is 14.6 Å². The third kappa shape index (κ3) is 2.07. The molecule has 1 aromatic carbocycles. The van der Waals surface area contributed by atoms with Gasteiger partial charge in [-0.1, -0.05) is 0 Å². The summed E-state index contributed by atoms with van der Waals surface area (Å²) in [6, 6.07) is 3.23. The summed E-state index contributed by atoms with van der Waals surface area (Å²) in [5, 5.41) is 9.59. The van der Waals surface area contributed by atoms with E-state index >= 15 is 0 Å². The first kappa shape index (κ1) is 11.1. The Hall–Kier alpha value is -1.42. The van der Waals surface area contributed by atoms with Crippen LogP contribution >= 0.6 is 0 Å².